The van der Waals surface area contributed by atoms with Crippen molar-refractivity contribution in [3.8, 4) is 40.2 Å². The fourth-order valence-corrected chi connectivity index (χ4v) is 6.15. The van der Waals surface area contributed by atoms with Gasteiger partial charge in [0, 0.05) is 23.6 Å². The van der Waals surface area contributed by atoms with Crippen LogP contribution >= 0.6 is 0 Å². The number of ether oxygens (including phenoxy) is 7. The molecule has 0 aromatic heterocycles. The molecule has 0 radical (unpaired) electrons. The second-order valence-corrected chi connectivity index (χ2v) is 9.89. The Kier molecular flexibility index (Phi) is 5.50. The Morgan fingerprint density at radius 1 is 0.821 bits per heavy atom. The van der Waals surface area contributed by atoms with Gasteiger partial charge < -0.3 is 43.6 Å². The van der Waals surface area contributed by atoms with Crippen molar-refractivity contribution in [3.63, 3.8) is 0 Å². The average molecular weight is 534 g/mol. The lowest BCUT2D eigenvalue weighted by Gasteiger charge is -2.40. The summed E-state index contributed by atoms with van der Waals surface area (Å²) in [5.74, 6) is 1.64. The largest absolute Gasteiger partial charge is 0.502 e. The Bertz CT molecular complexity index is 1450. The summed E-state index contributed by atoms with van der Waals surface area (Å²) in [5, 5.41) is 14.2. The smallest absolute Gasteiger partial charge is 0.310 e. The fourth-order valence-electron chi connectivity index (χ4n) is 6.15. The third kappa shape index (κ3) is 3.73. The van der Waals surface area contributed by atoms with Crippen LogP contribution < -0.4 is 33.7 Å². The minimum atomic E-state index is -0.508. The molecule has 3 aliphatic heterocycles. The zero-order valence-electron chi connectivity index (χ0n) is 21.4. The average Bonchev–Trinajstić information content (AvgIpc) is 3.58. The number of aromatic hydroxyl groups is 1. The molecule has 7 rings (SSSR count). The van der Waals surface area contributed by atoms with E-state index in [0.29, 0.717) is 36.2 Å². The first-order chi connectivity index (χ1) is 19.1. The SMILES string of the molecule is COc1cc([C@H]2c3cc4c(cc3[C@@H](Nc3ccc5c(c3)OCCO5)[C@H]3COC(=O)[C@H]23)OCO4)cc(OC)c1O. The molecule has 1 saturated heterocycles. The normalized spacial score (nSPS) is 23.9. The van der Waals surface area contributed by atoms with Gasteiger partial charge in [-0.15, -0.1) is 0 Å². The molecule has 3 heterocycles. The quantitative estimate of drug-likeness (QED) is 0.467. The number of carbonyl (C=O) groups is 1. The lowest BCUT2D eigenvalue weighted by atomic mass is 9.65. The van der Waals surface area contributed by atoms with Crippen LogP contribution in [0.1, 0.15) is 28.7 Å². The fraction of sp³-hybridized carbons (Fsp3) is 0.345. The van der Waals surface area contributed by atoms with Crippen molar-refractivity contribution in [1.29, 1.82) is 0 Å². The van der Waals surface area contributed by atoms with Gasteiger partial charge in [0.05, 0.1) is 32.8 Å². The van der Waals surface area contributed by atoms with Gasteiger partial charge in [0.15, 0.2) is 34.5 Å². The zero-order chi connectivity index (χ0) is 26.7. The van der Waals surface area contributed by atoms with E-state index in [9.17, 15) is 9.90 Å². The zero-order valence-corrected chi connectivity index (χ0v) is 21.4. The molecule has 1 aliphatic carbocycles. The van der Waals surface area contributed by atoms with Crippen LogP contribution in [0.2, 0.25) is 0 Å². The highest BCUT2D eigenvalue weighted by molar-refractivity contribution is 5.79. The van der Waals surface area contributed by atoms with Gasteiger partial charge in [-0.1, -0.05) is 0 Å². The standard InChI is InChI=1S/C29H27NO9/c1-33-23-7-14(8-24(34-2)28(23)31)25-16-10-21-22(39-13-38-21)11-17(16)27(18-12-37-29(32)26(18)25)30-15-3-4-19-20(9-15)36-6-5-35-19/h3-4,7-11,18,25-27,30-31H,5-6,12-13H2,1-2H3/t18-,25-,26-,27+/m0/s1. The van der Waals surface area contributed by atoms with E-state index < -0.39 is 11.8 Å². The van der Waals surface area contributed by atoms with Gasteiger partial charge in [0.1, 0.15) is 13.2 Å². The first-order valence-corrected chi connectivity index (χ1v) is 12.8. The van der Waals surface area contributed by atoms with Crippen LogP contribution in [0, 0.1) is 11.8 Å². The molecule has 0 unspecified atom stereocenters. The van der Waals surface area contributed by atoms with Crippen LogP contribution in [0.5, 0.6) is 40.2 Å². The van der Waals surface area contributed by atoms with Gasteiger partial charge in [-0.2, -0.15) is 0 Å². The molecule has 39 heavy (non-hydrogen) atoms. The molecule has 4 atom stereocenters. The van der Waals surface area contributed by atoms with Crippen LogP contribution in [0.15, 0.2) is 42.5 Å². The Labute approximate surface area is 224 Å². The van der Waals surface area contributed by atoms with Crippen molar-refractivity contribution in [2.75, 3.05) is 46.1 Å². The topological polar surface area (TPSA) is 114 Å². The third-order valence-electron chi connectivity index (χ3n) is 7.91. The van der Waals surface area contributed by atoms with E-state index in [1.165, 1.54) is 14.2 Å². The predicted octanol–water partition coefficient (Wildman–Crippen LogP) is 4.00. The molecule has 202 valence electrons. The van der Waals surface area contributed by atoms with E-state index in [-0.39, 0.29) is 48.6 Å². The second kappa shape index (κ2) is 9.07. The monoisotopic (exact) mass is 533 g/mol. The Morgan fingerprint density at radius 3 is 2.21 bits per heavy atom. The Morgan fingerprint density at radius 2 is 1.49 bits per heavy atom. The van der Waals surface area contributed by atoms with E-state index in [4.69, 9.17) is 33.2 Å². The van der Waals surface area contributed by atoms with Gasteiger partial charge >= 0.3 is 5.97 Å². The van der Waals surface area contributed by atoms with Crippen molar-refractivity contribution < 1.29 is 43.1 Å². The number of anilines is 1. The summed E-state index contributed by atoms with van der Waals surface area (Å²) in [6, 6.07) is 12.9. The number of cyclic esters (lactones) is 1. The molecule has 0 saturated carbocycles. The van der Waals surface area contributed by atoms with Crippen LogP contribution in [0.3, 0.4) is 0 Å². The van der Waals surface area contributed by atoms with Gasteiger partial charge in [-0.25, -0.2) is 0 Å². The molecule has 1 fully saturated rings. The van der Waals surface area contributed by atoms with E-state index in [2.05, 4.69) is 5.32 Å². The Hall–Kier alpha value is -4.47. The van der Waals surface area contributed by atoms with Crippen LogP contribution in [0.25, 0.3) is 0 Å². The number of nitrogens with one attached hydrogen (secondary N) is 1. The first kappa shape index (κ1) is 23.6. The number of methoxy groups -OCH3 is 2. The second-order valence-electron chi connectivity index (χ2n) is 9.89. The van der Waals surface area contributed by atoms with Crippen molar-refractivity contribution in [2.24, 2.45) is 11.8 Å². The van der Waals surface area contributed by atoms with E-state index in [0.717, 1.165) is 22.4 Å². The number of hydrogen-bond acceptors (Lipinski definition) is 10. The molecule has 10 nitrogen and oxygen atoms in total. The maximum atomic E-state index is 13.3. The maximum absolute atomic E-state index is 13.3. The summed E-state index contributed by atoms with van der Waals surface area (Å²) in [4.78, 5) is 13.3. The van der Waals surface area contributed by atoms with E-state index >= 15 is 0 Å². The molecule has 10 heteroatoms. The van der Waals surface area contributed by atoms with Crippen molar-refractivity contribution in [1.82, 2.24) is 0 Å². The van der Waals surface area contributed by atoms with Gasteiger partial charge in [0.25, 0.3) is 0 Å². The van der Waals surface area contributed by atoms with Gasteiger partial charge in [0.2, 0.25) is 12.5 Å². The molecule has 4 aliphatic rings. The summed E-state index contributed by atoms with van der Waals surface area (Å²) in [6.07, 6.45) is 0. The molecule has 3 aromatic rings. The number of carbonyl (C=O) groups excluding carboxylic acids is 1. The molecule has 0 spiro atoms. The molecule has 0 bridgehead atoms. The first-order valence-electron chi connectivity index (χ1n) is 12.8. The molecule has 2 N–H and O–H groups in total. The molecular formula is C29H27NO9. The third-order valence-corrected chi connectivity index (χ3v) is 7.91. The van der Waals surface area contributed by atoms with Gasteiger partial charge in [-0.05, 0) is 53.1 Å². The van der Waals surface area contributed by atoms with E-state index in [1.54, 1.807) is 12.1 Å². The van der Waals surface area contributed by atoms with E-state index in [1.807, 2.05) is 30.3 Å². The highest BCUT2D eigenvalue weighted by Crippen LogP contribution is 2.56. The van der Waals surface area contributed by atoms with Crippen molar-refractivity contribution in [3.05, 3.63) is 59.2 Å². The number of phenols is 1. The number of benzene rings is 3. The number of phenolic OH excluding ortho intramolecular Hbond substituents is 1. The number of esters is 1. The lowest BCUT2D eigenvalue weighted by molar-refractivity contribution is -0.141. The summed E-state index contributed by atoms with van der Waals surface area (Å²) in [6.45, 7) is 1.38. The molecule has 3 aromatic carbocycles. The van der Waals surface area contributed by atoms with Gasteiger partial charge in [-0.3, -0.25) is 4.79 Å². The molecular weight excluding hydrogens is 506 g/mol. The maximum Gasteiger partial charge on any atom is 0.310 e. The van der Waals surface area contributed by atoms with Crippen LogP contribution in [0.4, 0.5) is 5.69 Å². The summed E-state index contributed by atoms with van der Waals surface area (Å²) in [7, 11) is 2.95. The highest BCUT2D eigenvalue weighted by Gasteiger charge is 2.52. The number of hydrogen-bond donors (Lipinski definition) is 2. The number of fused-ring (bicyclic) bond motifs is 4. The van der Waals surface area contributed by atoms with Crippen molar-refractivity contribution in [2.45, 2.75) is 12.0 Å². The minimum Gasteiger partial charge on any atom is -0.502 e. The lowest BCUT2D eigenvalue weighted by Crippen LogP contribution is -2.37. The Balaban J connectivity index is 1.38. The predicted molar refractivity (Wildman–Crippen MR) is 137 cm³/mol. The highest BCUT2D eigenvalue weighted by atomic mass is 16.7. The molecule has 0 amide bonds. The minimum absolute atomic E-state index is 0.103. The van der Waals surface area contributed by atoms with Crippen molar-refractivity contribution >= 4 is 11.7 Å². The summed E-state index contributed by atoms with van der Waals surface area (Å²) in [5.41, 5.74) is 3.44. The van der Waals surface area contributed by atoms with Crippen LogP contribution in [-0.2, 0) is 9.53 Å². The number of rotatable bonds is 5. The summed E-state index contributed by atoms with van der Waals surface area (Å²) < 4.78 is 39.5. The van der Waals surface area contributed by atoms with Crippen LogP contribution in [-0.4, -0.2) is 51.9 Å². The summed E-state index contributed by atoms with van der Waals surface area (Å²) >= 11 is 0.